The predicted molar refractivity (Wildman–Crippen MR) is 92.6 cm³/mol. The Bertz CT molecular complexity index is 931. The van der Waals surface area contributed by atoms with Gasteiger partial charge in [0.25, 0.3) is 32.3 Å². The van der Waals surface area contributed by atoms with Crippen molar-refractivity contribution in [3.63, 3.8) is 0 Å². The molecule has 0 unspecified atom stereocenters. The first kappa shape index (κ1) is 31.0. The van der Waals surface area contributed by atoms with Crippen molar-refractivity contribution in [2.45, 2.75) is 24.4 Å². The molecule has 0 saturated heterocycles. The van der Waals surface area contributed by atoms with Crippen LogP contribution in [0.1, 0.15) is 0 Å². The molecule has 184 valence electrons. The van der Waals surface area contributed by atoms with E-state index in [1.54, 1.807) is 0 Å². The van der Waals surface area contributed by atoms with E-state index in [0.717, 1.165) is 0 Å². The third-order valence-corrected chi connectivity index (χ3v) is 4.03. The maximum Gasteiger partial charge on any atom is 2.00 e. The van der Waals surface area contributed by atoms with Gasteiger partial charge in [0.2, 0.25) is 0 Å². The molecule has 0 aliphatic carbocycles. The molecule has 0 radical (unpaired) electrons. The summed E-state index contributed by atoms with van der Waals surface area (Å²) in [4.78, 5) is 21.9. The molecule has 21 heteroatoms. The van der Waals surface area contributed by atoms with Gasteiger partial charge in [0.15, 0.2) is 23.7 Å². The summed E-state index contributed by atoms with van der Waals surface area (Å²) < 4.78 is 76.9. The van der Waals surface area contributed by atoms with Gasteiger partial charge in [-0.2, -0.15) is 0 Å². The summed E-state index contributed by atoms with van der Waals surface area (Å²) in [5.74, 6) is -7.40. The summed E-state index contributed by atoms with van der Waals surface area (Å²) >= 11 is 0. The average Bonchev–Trinajstić information content (AvgIpc) is 3.10. The summed E-state index contributed by atoms with van der Waals surface area (Å²) in [7, 11) is -10.5. The van der Waals surface area contributed by atoms with Gasteiger partial charge < -0.3 is 57.6 Å². The summed E-state index contributed by atoms with van der Waals surface area (Å²) in [5.41, 5.74) is 0. The summed E-state index contributed by atoms with van der Waals surface area (Å²) in [5, 5.41) is 53.6. The van der Waals surface area contributed by atoms with Crippen molar-refractivity contribution in [3.8, 4) is 0 Å². The van der Waals surface area contributed by atoms with Gasteiger partial charge >= 0.3 is 35.0 Å². The molecule has 0 aromatic heterocycles. The summed E-state index contributed by atoms with van der Waals surface area (Å²) in [6, 6.07) is 0. The van der Waals surface area contributed by atoms with Crippen molar-refractivity contribution in [2.24, 2.45) is 0 Å². The van der Waals surface area contributed by atoms with Gasteiger partial charge in [-0.05, 0) is 0 Å². The molecule has 2 aliphatic rings. The normalized spacial score (nSPS) is 22.5. The molecule has 0 saturated carbocycles. The maximum absolute atomic E-state index is 10.9. The first-order valence-corrected chi connectivity index (χ1v) is 10.4. The fourth-order valence-electron chi connectivity index (χ4n) is 1.99. The number of ether oxygens (including phenoxy) is 2. The minimum absolute atomic E-state index is 0. The SMILES string of the molecule is O=C1O[C@H]([C@@H](O)CO)C(O)=C1OS(=O)(=O)[O-].O=C1O[C@H]([C@@H](O)CO)C(O)=C1OS(=O)(=O)[O-].[Mg+2]. The fourth-order valence-corrected chi connectivity index (χ4v) is 2.70. The number of aliphatic hydroxyl groups excluding tert-OH is 6. The molecule has 2 aliphatic heterocycles. The number of cyclic esters (lactones) is 2. The largest absolute Gasteiger partial charge is 2.00 e. The monoisotopic (exact) mass is 534 g/mol. The van der Waals surface area contributed by atoms with Crippen LogP contribution in [0.4, 0.5) is 0 Å². The third kappa shape index (κ3) is 8.72. The summed E-state index contributed by atoms with van der Waals surface area (Å²) in [6.45, 7) is -1.70. The Kier molecular flexibility index (Phi) is 11.2. The molecule has 2 heterocycles. The molecule has 0 bridgehead atoms. The van der Waals surface area contributed by atoms with Crippen LogP contribution in [0.5, 0.6) is 0 Å². The number of hydrogen-bond acceptors (Lipinski definition) is 18. The molecule has 0 spiro atoms. The van der Waals surface area contributed by atoms with Gasteiger partial charge in [-0.15, -0.1) is 0 Å². The van der Waals surface area contributed by atoms with Crippen LogP contribution in [-0.2, 0) is 48.2 Å². The standard InChI is InChI=1S/2C6H8O9S.Mg/c2*7-1-2(8)4-3(9)5(6(10)14-4)15-16(11,12)13;/h2*2,4,7-9H,1H2,(H,11,12,13);/q;;+2/p-2/t2*2-,4+;/m00./s1. The Morgan fingerprint density at radius 2 is 1.06 bits per heavy atom. The van der Waals surface area contributed by atoms with Crippen LogP contribution in [0.25, 0.3) is 0 Å². The van der Waals surface area contributed by atoms with E-state index >= 15 is 0 Å². The fraction of sp³-hybridized carbons (Fsp3) is 0.500. The number of carbonyl (C=O) groups is 2. The van der Waals surface area contributed by atoms with Crippen LogP contribution >= 0.6 is 0 Å². The Hall–Kier alpha value is -1.95. The second-order valence-corrected chi connectivity index (χ2v) is 7.53. The Labute approximate surface area is 200 Å². The molecule has 0 aromatic carbocycles. The van der Waals surface area contributed by atoms with Crippen LogP contribution in [0.3, 0.4) is 0 Å². The molecule has 6 N–H and O–H groups in total. The van der Waals surface area contributed by atoms with E-state index < -0.39 is 93.4 Å². The number of hydrogen-bond donors (Lipinski definition) is 6. The predicted octanol–water partition coefficient (Wildman–Crippen LogP) is -5.36. The van der Waals surface area contributed by atoms with Gasteiger partial charge in [0, 0.05) is 0 Å². The van der Waals surface area contributed by atoms with Crippen molar-refractivity contribution in [1.29, 1.82) is 0 Å². The zero-order chi connectivity index (χ0) is 25.0. The number of esters is 2. The Morgan fingerprint density at radius 3 is 1.27 bits per heavy atom. The van der Waals surface area contributed by atoms with Crippen LogP contribution in [0.2, 0.25) is 0 Å². The zero-order valence-corrected chi connectivity index (χ0v) is 18.9. The number of aliphatic hydroxyl groups is 6. The summed E-state index contributed by atoms with van der Waals surface area (Å²) in [6.07, 6.45) is -6.62. The van der Waals surface area contributed by atoms with E-state index in [-0.39, 0.29) is 23.1 Å². The molecular formula is C12H14MgO18S2. The van der Waals surface area contributed by atoms with Gasteiger partial charge in [-0.25, -0.2) is 26.4 Å². The van der Waals surface area contributed by atoms with Gasteiger partial charge in [-0.3, -0.25) is 0 Å². The van der Waals surface area contributed by atoms with E-state index in [1.807, 2.05) is 0 Å². The topological polar surface area (TPSA) is 307 Å². The van der Waals surface area contributed by atoms with E-state index in [1.165, 1.54) is 0 Å². The van der Waals surface area contributed by atoms with E-state index in [9.17, 15) is 45.7 Å². The van der Waals surface area contributed by atoms with Crippen LogP contribution in [-0.4, -0.2) is 129 Å². The second kappa shape index (κ2) is 12.0. The van der Waals surface area contributed by atoms with E-state index in [2.05, 4.69) is 17.8 Å². The minimum atomic E-state index is -5.24. The van der Waals surface area contributed by atoms with Crippen LogP contribution in [0, 0.1) is 0 Å². The molecule has 4 atom stereocenters. The van der Waals surface area contributed by atoms with Gasteiger partial charge in [0.05, 0.1) is 13.2 Å². The first-order chi connectivity index (χ1) is 14.5. The van der Waals surface area contributed by atoms with Crippen molar-refractivity contribution < 1.29 is 84.0 Å². The zero-order valence-electron chi connectivity index (χ0n) is 15.8. The Morgan fingerprint density at radius 1 is 0.788 bits per heavy atom. The molecule has 2 rings (SSSR count). The molecule has 33 heavy (non-hydrogen) atoms. The quantitative estimate of drug-likeness (QED) is 0.0732. The van der Waals surface area contributed by atoms with Crippen LogP contribution in [0.15, 0.2) is 23.0 Å². The van der Waals surface area contributed by atoms with Crippen molar-refractivity contribution in [1.82, 2.24) is 0 Å². The maximum atomic E-state index is 10.9. The average molecular weight is 535 g/mol. The number of carbonyl (C=O) groups excluding carboxylic acids is 2. The molecule has 0 amide bonds. The first-order valence-electron chi connectivity index (χ1n) is 7.69. The van der Waals surface area contributed by atoms with Crippen molar-refractivity contribution >= 4 is 55.8 Å². The van der Waals surface area contributed by atoms with Crippen molar-refractivity contribution in [2.75, 3.05) is 13.2 Å². The van der Waals surface area contributed by atoms with Gasteiger partial charge in [0.1, 0.15) is 12.2 Å². The van der Waals surface area contributed by atoms with Gasteiger partial charge in [-0.1, -0.05) is 0 Å². The molecule has 0 aromatic rings. The minimum Gasteiger partial charge on any atom is -0.716 e. The van der Waals surface area contributed by atoms with E-state index in [0.29, 0.717) is 0 Å². The second-order valence-electron chi connectivity index (χ2n) is 5.56. The molecular weight excluding hydrogens is 521 g/mol. The van der Waals surface area contributed by atoms with Crippen molar-refractivity contribution in [3.05, 3.63) is 23.0 Å². The smallest absolute Gasteiger partial charge is 0.716 e. The number of rotatable bonds is 8. The third-order valence-electron chi connectivity index (χ3n) is 3.29. The molecule has 18 nitrogen and oxygen atoms in total. The Balaban J connectivity index is 0.000000602. The van der Waals surface area contributed by atoms with Crippen LogP contribution < -0.4 is 0 Å². The van der Waals surface area contributed by atoms with E-state index in [4.69, 9.17) is 20.4 Å². The molecule has 0 fully saturated rings.